The van der Waals surface area contributed by atoms with Crippen LogP contribution in [0.1, 0.15) is 30.7 Å². The minimum atomic E-state index is -0.699. The summed E-state index contributed by atoms with van der Waals surface area (Å²) in [6.07, 6.45) is 3.01. The van der Waals surface area contributed by atoms with E-state index in [1.807, 2.05) is 0 Å². The lowest BCUT2D eigenvalue weighted by Gasteiger charge is -2.26. The van der Waals surface area contributed by atoms with Gasteiger partial charge in [-0.2, -0.15) is 0 Å². The van der Waals surface area contributed by atoms with E-state index in [1.54, 1.807) is 24.0 Å². The van der Waals surface area contributed by atoms with E-state index in [2.05, 4.69) is 9.97 Å². The fourth-order valence-electron chi connectivity index (χ4n) is 2.47. The first-order chi connectivity index (χ1) is 13.0. The van der Waals surface area contributed by atoms with Gasteiger partial charge in [0.1, 0.15) is 0 Å². The largest absolute Gasteiger partial charge is 0.452 e. The summed E-state index contributed by atoms with van der Waals surface area (Å²) in [4.78, 5) is 47.2. The smallest absolute Gasteiger partial charge is 0.358 e. The molecular weight excluding hydrogens is 370 g/mol. The van der Waals surface area contributed by atoms with Crippen LogP contribution in [0.25, 0.3) is 0 Å². The molecule has 1 amide bonds. The molecule has 1 aliphatic rings. The van der Waals surface area contributed by atoms with Crippen LogP contribution in [0.15, 0.2) is 24.5 Å². The van der Waals surface area contributed by atoms with Crippen molar-refractivity contribution in [2.75, 3.05) is 32.9 Å². The van der Waals surface area contributed by atoms with Gasteiger partial charge in [0.25, 0.3) is 0 Å². The van der Waals surface area contributed by atoms with E-state index < -0.39 is 5.97 Å². The molecule has 0 atom stereocenters. The number of thiophene rings is 1. The van der Waals surface area contributed by atoms with E-state index >= 15 is 0 Å². The highest BCUT2D eigenvalue weighted by Crippen LogP contribution is 2.19. The summed E-state index contributed by atoms with van der Waals surface area (Å²) >= 11 is 1.24. The van der Waals surface area contributed by atoms with Crippen molar-refractivity contribution in [1.82, 2.24) is 14.9 Å². The van der Waals surface area contributed by atoms with Gasteiger partial charge in [-0.15, -0.1) is 11.3 Å². The number of carbonyl (C=O) groups is 3. The van der Waals surface area contributed by atoms with Crippen molar-refractivity contribution in [1.29, 1.82) is 0 Å². The maximum Gasteiger partial charge on any atom is 0.358 e. The normalized spacial score (nSPS) is 14.0. The van der Waals surface area contributed by atoms with E-state index in [0.29, 0.717) is 36.9 Å². The molecule has 2 aromatic rings. The second kappa shape index (κ2) is 8.83. The summed E-state index contributed by atoms with van der Waals surface area (Å²) in [7, 11) is 0. The molecule has 8 nitrogen and oxygen atoms in total. The van der Waals surface area contributed by atoms with Crippen LogP contribution in [0.5, 0.6) is 0 Å². The van der Waals surface area contributed by atoms with Gasteiger partial charge < -0.3 is 14.4 Å². The van der Waals surface area contributed by atoms with Crippen LogP contribution in [-0.2, 0) is 20.7 Å². The Kier molecular flexibility index (Phi) is 6.25. The molecule has 0 spiro atoms. The van der Waals surface area contributed by atoms with E-state index in [4.69, 9.17) is 9.47 Å². The van der Waals surface area contributed by atoms with Crippen molar-refractivity contribution in [3.63, 3.8) is 0 Å². The maximum absolute atomic E-state index is 12.3. The van der Waals surface area contributed by atoms with E-state index in [1.165, 1.54) is 23.7 Å². The number of aryl methyl sites for hydroxylation is 1. The summed E-state index contributed by atoms with van der Waals surface area (Å²) in [6.45, 7) is 3.66. The van der Waals surface area contributed by atoms with Gasteiger partial charge in [0.15, 0.2) is 12.3 Å². The highest BCUT2D eigenvalue weighted by molar-refractivity contribution is 7.14. The molecule has 3 rings (SSSR count). The van der Waals surface area contributed by atoms with Gasteiger partial charge in [0.2, 0.25) is 11.7 Å². The molecule has 142 valence electrons. The molecule has 0 unspecified atom stereocenters. The number of Topliss-reactive ketones (excluding diaryl/α,β-unsaturated/α-hetero) is 1. The number of aromatic nitrogens is 2. The first-order valence-corrected chi connectivity index (χ1v) is 9.28. The van der Waals surface area contributed by atoms with Crippen LogP contribution in [-0.4, -0.2) is 65.4 Å². The SMILES string of the molecule is Cc1cnc(C(=O)OCC(=O)c2ccc(CC(=O)N3CCOCC3)s2)cn1. The molecule has 1 saturated heterocycles. The molecule has 0 radical (unpaired) electrons. The number of ether oxygens (including phenoxy) is 2. The van der Waals surface area contributed by atoms with Crippen molar-refractivity contribution in [2.24, 2.45) is 0 Å². The van der Waals surface area contributed by atoms with Crippen LogP contribution in [0, 0.1) is 6.92 Å². The van der Waals surface area contributed by atoms with Crippen LogP contribution >= 0.6 is 11.3 Å². The average Bonchev–Trinajstić information content (AvgIpc) is 3.15. The number of hydrogen-bond acceptors (Lipinski definition) is 8. The van der Waals surface area contributed by atoms with Gasteiger partial charge in [0, 0.05) is 24.2 Å². The zero-order valence-corrected chi connectivity index (χ0v) is 15.7. The third-order valence-corrected chi connectivity index (χ3v) is 5.08. The molecule has 1 fully saturated rings. The molecule has 2 aromatic heterocycles. The van der Waals surface area contributed by atoms with Crippen molar-refractivity contribution in [3.05, 3.63) is 45.7 Å². The minimum absolute atomic E-state index is 0.0172. The summed E-state index contributed by atoms with van der Waals surface area (Å²) in [5, 5.41) is 0. The van der Waals surface area contributed by atoms with Crippen molar-refractivity contribution < 1.29 is 23.9 Å². The molecule has 3 heterocycles. The summed E-state index contributed by atoms with van der Waals surface area (Å²) in [5.74, 6) is -1.00. The Morgan fingerprint density at radius 3 is 2.67 bits per heavy atom. The Morgan fingerprint density at radius 2 is 1.96 bits per heavy atom. The maximum atomic E-state index is 12.3. The molecule has 0 bridgehead atoms. The number of ketones is 1. The van der Waals surface area contributed by atoms with Crippen LogP contribution in [0.4, 0.5) is 0 Å². The fourth-order valence-corrected chi connectivity index (χ4v) is 3.39. The topological polar surface area (TPSA) is 98.7 Å². The highest BCUT2D eigenvalue weighted by atomic mass is 32.1. The van der Waals surface area contributed by atoms with Crippen molar-refractivity contribution >= 4 is 29.0 Å². The van der Waals surface area contributed by atoms with Gasteiger partial charge in [-0.05, 0) is 19.1 Å². The quantitative estimate of drug-likeness (QED) is 0.542. The summed E-state index contributed by atoms with van der Waals surface area (Å²) < 4.78 is 10.2. The van der Waals surface area contributed by atoms with E-state index in [9.17, 15) is 14.4 Å². The first-order valence-electron chi connectivity index (χ1n) is 8.46. The Morgan fingerprint density at radius 1 is 1.19 bits per heavy atom. The van der Waals surface area contributed by atoms with Gasteiger partial charge in [-0.3, -0.25) is 14.6 Å². The van der Waals surface area contributed by atoms with E-state index in [0.717, 1.165) is 4.88 Å². The minimum Gasteiger partial charge on any atom is -0.452 e. The number of amides is 1. The third-order valence-electron chi connectivity index (χ3n) is 3.95. The number of esters is 1. The lowest BCUT2D eigenvalue weighted by atomic mass is 10.2. The number of carbonyl (C=O) groups excluding carboxylic acids is 3. The average molecular weight is 389 g/mol. The Hall–Kier alpha value is -2.65. The van der Waals surface area contributed by atoms with Crippen LogP contribution in [0.2, 0.25) is 0 Å². The fraction of sp³-hybridized carbons (Fsp3) is 0.389. The van der Waals surface area contributed by atoms with Crippen LogP contribution in [0.3, 0.4) is 0 Å². The van der Waals surface area contributed by atoms with Gasteiger partial charge >= 0.3 is 5.97 Å². The Labute approximate surface area is 160 Å². The van der Waals surface area contributed by atoms with E-state index in [-0.39, 0.29) is 30.4 Å². The van der Waals surface area contributed by atoms with Crippen molar-refractivity contribution in [3.8, 4) is 0 Å². The van der Waals surface area contributed by atoms with Gasteiger partial charge in [-0.25, -0.2) is 9.78 Å². The predicted octanol–water partition coefficient (Wildman–Crippen LogP) is 1.29. The Bertz CT molecular complexity index is 828. The number of nitrogens with zero attached hydrogens (tertiary/aromatic N) is 3. The molecule has 0 saturated carbocycles. The highest BCUT2D eigenvalue weighted by Gasteiger charge is 2.19. The monoisotopic (exact) mass is 389 g/mol. The molecule has 27 heavy (non-hydrogen) atoms. The van der Waals surface area contributed by atoms with Crippen molar-refractivity contribution in [2.45, 2.75) is 13.3 Å². The lowest BCUT2D eigenvalue weighted by Crippen LogP contribution is -2.41. The van der Waals surface area contributed by atoms with Crippen LogP contribution < -0.4 is 0 Å². The predicted molar refractivity (Wildman–Crippen MR) is 96.8 cm³/mol. The Balaban J connectivity index is 1.51. The molecule has 0 N–H and O–H groups in total. The second-order valence-electron chi connectivity index (χ2n) is 5.98. The third kappa shape index (κ3) is 5.18. The van der Waals surface area contributed by atoms with Gasteiger partial charge in [0.05, 0.1) is 36.4 Å². The molecule has 0 aromatic carbocycles. The molecule has 1 aliphatic heterocycles. The lowest BCUT2D eigenvalue weighted by molar-refractivity contribution is -0.134. The summed E-state index contributed by atoms with van der Waals surface area (Å²) in [5.41, 5.74) is 0.733. The second-order valence-corrected chi connectivity index (χ2v) is 7.15. The number of hydrogen-bond donors (Lipinski definition) is 0. The first kappa shape index (κ1) is 19.1. The molecule has 9 heteroatoms. The zero-order chi connectivity index (χ0) is 19.2. The molecule has 0 aliphatic carbocycles. The number of morpholine rings is 1. The molecular formula is C18H19N3O5S. The zero-order valence-electron chi connectivity index (χ0n) is 14.8. The van der Waals surface area contributed by atoms with Gasteiger partial charge in [-0.1, -0.05) is 0 Å². The number of rotatable bonds is 6. The standard InChI is InChI=1S/C18H19N3O5S/c1-12-9-20-14(10-19-12)18(24)26-11-15(22)16-3-2-13(27-16)8-17(23)21-4-6-25-7-5-21/h2-3,9-10H,4-8,11H2,1H3. The summed E-state index contributed by atoms with van der Waals surface area (Å²) in [6, 6.07) is 3.40.